The Hall–Kier alpha value is -1.13. The van der Waals surface area contributed by atoms with Crippen LogP contribution in [-0.4, -0.2) is 18.6 Å². The summed E-state index contributed by atoms with van der Waals surface area (Å²) in [6, 6.07) is 3.43. The van der Waals surface area contributed by atoms with E-state index in [0.29, 0.717) is 0 Å². The number of halogens is 2. The van der Waals surface area contributed by atoms with Gasteiger partial charge >= 0.3 is 5.97 Å². The molecule has 0 aliphatic heterocycles. The van der Waals surface area contributed by atoms with Crippen LogP contribution in [-0.2, 0) is 16.0 Å². The smallest absolute Gasteiger partial charge is 0.323 e. The Labute approximate surface area is 98.3 Å². The molecule has 0 saturated carbocycles. The van der Waals surface area contributed by atoms with E-state index in [1.165, 1.54) is 12.1 Å². The molecule has 0 radical (unpaired) electrons. The van der Waals surface area contributed by atoms with Gasteiger partial charge in [0, 0.05) is 17.0 Å². The van der Waals surface area contributed by atoms with E-state index >= 15 is 0 Å². The third kappa shape index (κ3) is 3.18. The summed E-state index contributed by atoms with van der Waals surface area (Å²) in [6.45, 7) is 1.93. The van der Waals surface area contributed by atoms with Gasteiger partial charge < -0.3 is 10.5 Å². The van der Waals surface area contributed by atoms with Gasteiger partial charge in [-0.25, -0.2) is 4.39 Å². The Kier molecular flexibility index (Phi) is 4.71. The lowest BCUT2D eigenvalue weighted by Crippen LogP contribution is -2.34. The summed E-state index contributed by atoms with van der Waals surface area (Å²) >= 11 is 5.81. The fraction of sp³-hybridized carbons (Fsp3) is 0.364. The first-order valence-corrected chi connectivity index (χ1v) is 5.29. The molecule has 0 bridgehead atoms. The molecule has 0 fully saturated rings. The molecule has 0 spiro atoms. The van der Waals surface area contributed by atoms with Crippen molar-refractivity contribution in [3.63, 3.8) is 0 Å². The molecule has 1 unspecified atom stereocenters. The highest BCUT2D eigenvalue weighted by molar-refractivity contribution is 6.31. The third-order valence-electron chi connectivity index (χ3n) is 2.08. The fourth-order valence-electron chi connectivity index (χ4n) is 1.28. The van der Waals surface area contributed by atoms with Crippen molar-refractivity contribution in [2.75, 3.05) is 6.61 Å². The van der Waals surface area contributed by atoms with Crippen LogP contribution in [0.25, 0.3) is 0 Å². The Morgan fingerprint density at radius 1 is 1.62 bits per heavy atom. The van der Waals surface area contributed by atoms with Crippen molar-refractivity contribution in [3.05, 3.63) is 34.6 Å². The lowest BCUT2D eigenvalue weighted by Gasteiger charge is -2.12. The summed E-state index contributed by atoms with van der Waals surface area (Å²) in [7, 11) is 0. The molecule has 1 atom stereocenters. The molecule has 5 heteroatoms. The first kappa shape index (κ1) is 12.9. The zero-order chi connectivity index (χ0) is 12.1. The largest absolute Gasteiger partial charge is 0.465 e. The molecule has 1 aromatic rings. The number of nitrogens with two attached hydrogens (primary N) is 1. The van der Waals surface area contributed by atoms with E-state index in [1.54, 1.807) is 13.0 Å². The average Bonchev–Trinajstić information content (AvgIpc) is 2.23. The van der Waals surface area contributed by atoms with E-state index in [2.05, 4.69) is 0 Å². The number of carbonyl (C=O) groups is 1. The van der Waals surface area contributed by atoms with E-state index < -0.39 is 17.8 Å². The second-order valence-electron chi connectivity index (χ2n) is 3.26. The van der Waals surface area contributed by atoms with Gasteiger partial charge in [-0.3, -0.25) is 4.79 Å². The molecule has 0 saturated heterocycles. The number of hydrogen-bond donors (Lipinski definition) is 1. The SMILES string of the molecule is CCOC(=O)C(N)Cc1c(F)cccc1Cl. The van der Waals surface area contributed by atoms with Crippen molar-refractivity contribution < 1.29 is 13.9 Å². The summed E-state index contributed by atoms with van der Waals surface area (Å²) in [5.41, 5.74) is 5.81. The molecule has 0 amide bonds. The normalized spacial score (nSPS) is 12.2. The van der Waals surface area contributed by atoms with Gasteiger partial charge in [0.15, 0.2) is 0 Å². The van der Waals surface area contributed by atoms with Crippen LogP contribution in [0.2, 0.25) is 5.02 Å². The summed E-state index contributed by atoms with van der Waals surface area (Å²) in [5, 5.41) is 0.264. The summed E-state index contributed by atoms with van der Waals surface area (Å²) < 4.78 is 18.1. The van der Waals surface area contributed by atoms with Gasteiger partial charge in [-0.1, -0.05) is 17.7 Å². The van der Waals surface area contributed by atoms with Crippen LogP contribution in [0.4, 0.5) is 4.39 Å². The Morgan fingerprint density at radius 3 is 2.88 bits per heavy atom. The number of carbonyl (C=O) groups excluding carboxylic acids is 1. The van der Waals surface area contributed by atoms with Gasteiger partial charge in [0.05, 0.1) is 6.61 Å². The Bertz CT molecular complexity index is 364. The van der Waals surface area contributed by atoms with Crippen LogP contribution >= 0.6 is 11.6 Å². The van der Waals surface area contributed by atoms with Crippen molar-refractivity contribution in [1.82, 2.24) is 0 Å². The van der Waals surface area contributed by atoms with Gasteiger partial charge in [-0.15, -0.1) is 0 Å². The molecule has 88 valence electrons. The van der Waals surface area contributed by atoms with Crippen LogP contribution in [0.5, 0.6) is 0 Å². The maximum atomic E-state index is 13.4. The third-order valence-corrected chi connectivity index (χ3v) is 2.43. The maximum Gasteiger partial charge on any atom is 0.323 e. The van der Waals surface area contributed by atoms with Crippen molar-refractivity contribution in [2.24, 2.45) is 5.73 Å². The average molecular weight is 246 g/mol. The molecule has 3 nitrogen and oxygen atoms in total. The Morgan fingerprint density at radius 2 is 2.31 bits per heavy atom. The molecule has 0 aromatic heterocycles. The molecule has 2 N–H and O–H groups in total. The lowest BCUT2D eigenvalue weighted by molar-refractivity contribution is -0.144. The zero-order valence-corrected chi connectivity index (χ0v) is 9.63. The van der Waals surface area contributed by atoms with Gasteiger partial charge in [-0.05, 0) is 19.1 Å². The second-order valence-corrected chi connectivity index (χ2v) is 3.67. The molecular weight excluding hydrogens is 233 g/mol. The van der Waals surface area contributed by atoms with Gasteiger partial charge in [0.25, 0.3) is 0 Å². The highest BCUT2D eigenvalue weighted by Crippen LogP contribution is 2.20. The minimum atomic E-state index is -0.894. The molecule has 1 rings (SSSR count). The van der Waals surface area contributed by atoms with Gasteiger partial charge in [0.2, 0.25) is 0 Å². The van der Waals surface area contributed by atoms with Crippen molar-refractivity contribution in [1.29, 1.82) is 0 Å². The zero-order valence-electron chi connectivity index (χ0n) is 8.87. The minimum absolute atomic E-state index is 0.0321. The van der Waals surface area contributed by atoms with E-state index in [1.807, 2.05) is 0 Å². The molecule has 0 aliphatic rings. The summed E-state index contributed by atoms with van der Waals surface area (Å²) in [4.78, 5) is 11.3. The van der Waals surface area contributed by atoms with Gasteiger partial charge in [0.1, 0.15) is 11.9 Å². The van der Waals surface area contributed by atoms with Crippen molar-refractivity contribution >= 4 is 17.6 Å². The molecular formula is C11H13ClFNO2. The Balaban J connectivity index is 2.76. The summed E-state index contributed by atoms with van der Waals surface area (Å²) in [5.74, 6) is -1.02. The standard InChI is InChI=1S/C11H13ClFNO2/c1-2-16-11(15)10(14)6-7-8(12)4-3-5-9(7)13/h3-5,10H,2,6,14H2,1H3. The van der Waals surface area contributed by atoms with Crippen molar-refractivity contribution in [2.45, 2.75) is 19.4 Å². The molecule has 0 heterocycles. The van der Waals surface area contributed by atoms with E-state index in [-0.39, 0.29) is 23.6 Å². The number of ether oxygens (including phenoxy) is 1. The predicted octanol–water partition coefficient (Wildman–Crippen LogP) is 1.91. The van der Waals surface area contributed by atoms with E-state index in [9.17, 15) is 9.18 Å². The van der Waals surface area contributed by atoms with E-state index in [0.717, 1.165) is 0 Å². The number of esters is 1. The van der Waals surface area contributed by atoms with Crippen LogP contribution in [0.15, 0.2) is 18.2 Å². The predicted molar refractivity (Wildman–Crippen MR) is 59.7 cm³/mol. The first-order chi connectivity index (χ1) is 7.56. The maximum absolute atomic E-state index is 13.4. The van der Waals surface area contributed by atoms with E-state index in [4.69, 9.17) is 22.1 Å². The number of rotatable bonds is 4. The van der Waals surface area contributed by atoms with Crippen LogP contribution < -0.4 is 5.73 Å². The van der Waals surface area contributed by atoms with Crippen LogP contribution in [0.3, 0.4) is 0 Å². The molecule has 16 heavy (non-hydrogen) atoms. The molecule has 0 aliphatic carbocycles. The van der Waals surface area contributed by atoms with Crippen molar-refractivity contribution in [3.8, 4) is 0 Å². The topological polar surface area (TPSA) is 52.3 Å². The quantitative estimate of drug-likeness (QED) is 0.825. The van der Waals surface area contributed by atoms with Gasteiger partial charge in [-0.2, -0.15) is 0 Å². The number of benzene rings is 1. The van der Waals surface area contributed by atoms with Crippen LogP contribution in [0.1, 0.15) is 12.5 Å². The van der Waals surface area contributed by atoms with Crippen LogP contribution in [0, 0.1) is 5.82 Å². The summed E-state index contributed by atoms with van der Waals surface area (Å²) in [6.07, 6.45) is 0.0321. The minimum Gasteiger partial charge on any atom is -0.465 e. The molecule has 1 aromatic carbocycles. The monoisotopic (exact) mass is 245 g/mol. The number of hydrogen-bond acceptors (Lipinski definition) is 3. The fourth-order valence-corrected chi connectivity index (χ4v) is 1.52. The second kappa shape index (κ2) is 5.82. The first-order valence-electron chi connectivity index (χ1n) is 4.91. The highest BCUT2D eigenvalue weighted by atomic mass is 35.5. The highest BCUT2D eigenvalue weighted by Gasteiger charge is 2.18. The lowest BCUT2D eigenvalue weighted by atomic mass is 10.1.